The van der Waals surface area contributed by atoms with Gasteiger partial charge in [-0.05, 0) is 60.9 Å². The van der Waals surface area contributed by atoms with Crippen LogP contribution in [0.3, 0.4) is 0 Å². The molecule has 0 aliphatic carbocycles. The van der Waals surface area contributed by atoms with Crippen LogP contribution in [0.2, 0.25) is 0 Å². The minimum absolute atomic E-state index is 0.111. The maximum absolute atomic E-state index is 13.2. The Kier molecular flexibility index (Phi) is 7.65. The summed E-state index contributed by atoms with van der Waals surface area (Å²) in [6, 6.07) is 8.43. The van der Waals surface area contributed by atoms with E-state index in [0.29, 0.717) is 11.6 Å². The Morgan fingerprint density at radius 1 is 1.06 bits per heavy atom. The van der Waals surface area contributed by atoms with Crippen molar-refractivity contribution in [2.24, 2.45) is 5.92 Å². The molecule has 0 saturated carbocycles. The second kappa shape index (κ2) is 11.1. The summed E-state index contributed by atoms with van der Waals surface area (Å²) in [7, 11) is 0. The summed E-state index contributed by atoms with van der Waals surface area (Å²) >= 11 is 0. The van der Waals surface area contributed by atoms with E-state index < -0.39 is 0 Å². The molecule has 1 aromatic carbocycles. The SMILES string of the molecule is CC(C)CN1CCC(NC(=O)c2n[nH]c3ccc(-c4cncc(CN5CCC(O)CC5)c4)cc23)CC1. The summed E-state index contributed by atoms with van der Waals surface area (Å²) < 4.78 is 0. The number of fused-ring (bicyclic) bond motifs is 1. The fraction of sp³-hybridized carbons (Fsp3) is 0.536. The van der Waals surface area contributed by atoms with Gasteiger partial charge >= 0.3 is 0 Å². The first-order valence-corrected chi connectivity index (χ1v) is 13.3. The number of aliphatic hydroxyl groups is 1. The number of benzene rings is 1. The Bertz CT molecular complexity index is 1180. The summed E-state index contributed by atoms with van der Waals surface area (Å²) in [6.07, 6.45) is 7.21. The van der Waals surface area contributed by atoms with E-state index in [-0.39, 0.29) is 18.1 Å². The van der Waals surface area contributed by atoms with Crippen molar-refractivity contribution in [2.75, 3.05) is 32.7 Å². The molecule has 0 spiro atoms. The summed E-state index contributed by atoms with van der Waals surface area (Å²) in [6.45, 7) is 10.3. The molecule has 0 bridgehead atoms. The lowest BCUT2D eigenvalue weighted by Gasteiger charge is -2.33. The first-order chi connectivity index (χ1) is 17.4. The molecule has 3 N–H and O–H groups in total. The lowest BCUT2D eigenvalue weighted by Crippen LogP contribution is -2.45. The van der Waals surface area contributed by atoms with Gasteiger partial charge in [-0.1, -0.05) is 19.9 Å². The van der Waals surface area contributed by atoms with Crippen molar-refractivity contribution in [1.29, 1.82) is 0 Å². The number of likely N-dealkylation sites (tertiary alicyclic amines) is 2. The summed E-state index contributed by atoms with van der Waals surface area (Å²) in [5.41, 5.74) is 4.50. The van der Waals surface area contributed by atoms with Gasteiger partial charge in [-0.2, -0.15) is 5.10 Å². The zero-order valence-electron chi connectivity index (χ0n) is 21.4. The first-order valence-electron chi connectivity index (χ1n) is 13.3. The van der Waals surface area contributed by atoms with Crippen LogP contribution in [0.15, 0.2) is 36.7 Å². The van der Waals surface area contributed by atoms with E-state index in [2.05, 4.69) is 50.2 Å². The van der Waals surface area contributed by atoms with Gasteiger partial charge in [-0.25, -0.2) is 0 Å². The molecular formula is C28H38N6O2. The standard InChI is InChI=1S/C28H38N6O2/c1-19(2)17-33-9-5-23(6-10-33)30-28(36)27-25-14-21(3-4-26(25)31-32-27)22-13-20(15-29-16-22)18-34-11-7-24(35)8-12-34/h3-4,13-16,19,23-24,35H,5-12,17-18H2,1-2H3,(H,30,36)(H,31,32). The van der Waals surface area contributed by atoms with Crippen molar-refractivity contribution in [3.63, 3.8) is 0 Å². The number of nitrogens with zero attached hydrogens (tertiary/aromatic N) is 4. The number of hydrogen-bond donors (Lipinski definition) is 3. The number of piperidine rings is 2. The van der Waals surface area contributed by atoms with E-state index in [0.717, 1.165) is 92.5 Å². The van der Waals surface area contributed by atoms with Gasteiger partial charge in [-0.3, -0.25) is 19.8 Å². The number of hydrogen-bond acceptors (Lipinski definition) is 6. The van der Waals surface area contributed by atoms with Gasteiger partial charge in [0.2, 0.25) is 0 Å². The zero-order chi connectivity index (χ0) is 25.1. The Morgan fingerprint density at radius 3 is 2.56 bits per heavy atom. The number of aromatic nitrogens is 3. The number of pyridine rings is 1. The van der Waals surface area contributed by atoms with Gasteiger partial charge in [0, 0.05) is 68.7 Å². The number of H-pyrrole nitrogens is 1. The molecule has 1 amide bonds. The second-order valence-electron chi connectivity index (χ2n) is 10.9. The summed E-state index contributed by atoms with van der Waals surface area (Å²) in [5.74, 6) is 0.551. The molecule has 4 heterocycles. The molecule has 192 valence electrons. The van der Waals surface area contributed by atoms with Crippen molar-refractivity contribution < 1.29 is 9.90 Å². The molecule has 2 aromatic heterocycles. The fourth-order valence-electron chi connectivity index (χ4n) is 5.46. The van der Waals surface area contributed by atoms with E-state index in [1.54, 1.807) is 0 Å². The van der Waals surface area contributed by atoms with Crippen molar-refractivity contribution in [3.05, 3.63) is 47.9 Å². The molecule has 2 aliphatic rings. The van der Waals surface area contributed by atoms with Crippen LogP contribution in [0.1, 0.15) is 55.6 Å². The maximum atomic E-state index is 13.2. The van der Waals surface area contributed by atoms with Gasteiger partial charge in [-0.15, -0.1) is 0 Å². The van der Waals surface area contributed by atoms with Crippen molar-refractivity contribution in [1.82, 2.24) is 30.3 Å². The quantitative estimate of drug-likeness (QED) is 0.470. The zero-order valence-corrected chi connectivity index (χ0v) is 21.4. The Labute approximate surface area is 213 Å². The predicted molar refractivity (Wildman–Crippen MR) is 142 cm³/mol. The lowest BCUT2D eigenvalue weighted by molar-refractivity contribution is 0.0792. The van der Waals surface area contributed by atoms with E-state index >= 15 is 0 Å². The third kappa shape index (κ3) is 5.94. The van der Waals surface area contributed by atoms with E-state index in [4.69, 9.17) is 0 Å². The topological polar surface area (TPSA) is 97.4 Å². The molecular weight excluding hydrogens is 452 g/mol. The first kappa shape index (κ1) is 24.9. The maximum Gasteiger partial charge on any atom is 0.272 e. The fourth-order valence-corrected chi connectivity index (χ4v) is 5.46. The Hall–Kier alpha value is -2.81. The monoisotopic (exact) mass is 490 g/mol. The minimum atomic E-state index is -0.170. The molecule has 5 rings (SSSR count). The molecule has 0 radical (unpaired) electrons. The van der Waals surface area contributed by atoms with E-state index in [1.807, 2.05) is 30.6 Å². The van der Waals surface area contributed by atoms with Crippen LogP contribution >= 0.6 is 0 Å². The normalized spacial score (nSPS) is 18.8. The molecule has 8 nitrogen and oxygen atoms in total. The number of carbonyl (C=O) groups is 1. The van der Waals surface area contributed by atoms with E-state index in [1.165, 1.54) is 0 Å². The van der Waals surface area contributed by atoms with Crippen molar-refractivity contribution >= 4 is 16.8 Å². The smallest absolute Gasteiger partial charge is 0.272 e. The van der Waals surface area contributed by atoms with Crippen LogP contribution in [0.25, 0.3) is 22.0 Å². The minimum Gasteiger partial charge on any atom is -0.393 e. The Balaban J connectivity index is 1.27. The molecule has 2 aliphatic heterocycles. The molecule has 2 fully saturated rings. The van der Waals surface area contributed by atoms with Crippen LogP contribution in [-0.4, -0.2) is 80.9 Å². The molecule has 2 saturated heterocycles. The highest BCUT2D eigenvalue weighted by Gasteiger charge is 2.24. The molecule has 36 heavy (non-hydrogen) atoms. The number of amides is 1. The van der Waals surface area contributed by atoms with Gasteiger partial charge in [0.25, 0.3) is 5.91 Å². The number of carbonyl (C=O) groups excluding carboxylic acids is 1. The van der Waals surface area contributed by atoms with E-state index in [9.17, 15) is 9.90 Å². The highest BCUT2D eigenvalue weighted by atomic mass is 16.3. The van der Waals surface area contributed by atoms with Crippen LogP contribution in [0.5, 0.6) is 0 Å². The molecule has 0 unspecified atom stereocenters. The van der Waals surface area contributed by atoms with Crippen molar-refractivity contribution in [3.8, 4) is 11.1 Å². The number of aromatic amines is 1. The Morgan fingerprint density at radius 2 is 1.81 bits per heavy atom. The third-order valence-corrected chi connectivity index (χ3v) is 7.42. The average molecular weight is 491 g/mol. The van der Waals surface area contributed by atoms with Gasteiger partial charge in [0.1, 0.15) is 0 Å². The molecule has 8 heteroatoms. The highest BCUT2D eigenvalue weighted by Crippen LogP contribution is 2.26. The number of nitrogens with one attached hydrogen (secondary N) is 2. The largest absolute Gasteiger partial charge is 0.393 e. The highest BCUT2D eigenvalue weighted by molar-refractivity contribution is 6.05. The predicted octanol–water partition coefficient (Wildman–Crippen LogP) is 3.43. The average Bonchev–Trinajstić information content (AvgIpc) is 3.30. The van der Waals surface area contributed by atoms with Gasteiger partial charge < -0.3 is 15.3 Å². The lowest BCUT2D eigenvalue weighted by atomic mass is 10.0. The second-order valence-corrected chi connectivity index (χ2v) is 10.9. The number of aliphatic hydroxyl groups excluding tert-OH is 1. The van der Waals surface area contributed by atoms with Crippen LogP contribution in [0.4, 0.5) is 0 Å². The van der Waals surface area contributed by atoms with Gasteiger partial charge in [0.05, 0.1) is 11.6 Å². The van der Waals surface area contributed by atoms with Crippen LogP contribution < -0.4 is 5.32 Å². The van der Waals surface area contributed by atoms with Crippen LogP contribution in [-0.2, 0) is 6.54 Å². The molecule has 3 aromatic rings. The molecule has 0 atom stereocenters. The summed E-state index contributed by atoms with van der Waals surface area (Å²) in [5, 5.41) is 21.2. The summed E-state index contributed by atoms with van der Waals surface area (Å²) in [4.78, 5) is 22.5. The van der Waals surface area contributed by atoms with Crippen molar-refractivity contribution in [2.45, 2.75) is 58.2 Å². The van der Waals surface area contributed by atoms with Crippen LogP contribution in [0, 0.1) is 5.92 Å². The number of rotatable bonds is 7. The van der Waals surface area contributed by atoms with Gasteiger partial charge in [0.15, 0.2) is 5.69 Å². The third-order valence-electron chi connectivity index (χ3n) is 7.42.